The van der Waals surface area contributed by atoms with Crippen molar-refractivity contribution in [1.29, 1.82) is 0 Å². The summed E-state index contributed by atoms with van der Waals surface area (Å²) in [5.41, 5.74) is 1.67. The zero-order chi connectivity index (χ0) is 19.9. The van der Waals surface area contributed by atoms with E-state index in [0.29, 0.717) is 18.2 Å². The third-order valence-corrected chi connectivity index (χ3v) is 5.33. The van der Waals surface area contributed by atoms with Gasteiger partial charge in [0.05, 0.1) is 5.56 Å². The van der Waals surface area contributed by atoms with Crippen molar-refractivity contribution in [2.45, 2.75) is 32.3 Å². The molecule has 1 heterocycles. The average molecular weight is 383 g/mol. The zero-order valence-electron chi connectivity index (χ0n) is 16.4. The summed E-state index contributed by atoms with van der Waals surface area (Å²) < 4.78 is 5.58. The van der Waals surface area contributed by atoms with E-state index in [2.05, 4.69) is 35.2 Å². The van der Waals surface area contributed by atoms with Crippen molar-refractivity contribution in [2.24, 2.45) is 5.92 Å². The molecule has 2 aromatic rings. The Labute approximate surface area is 166 Å². The van der Waals surface area contributed by atoms with Gasteiger partial charge in [-0.3, -0.25) is 4.79 Å². The van der Waals surface area contributed by atoms with E-state index in [1.54, 1.807) is 6.07 Å². The summed E-state index contributed by atoms with van der Waals surface area (Å²) in [7, 11) is 0. The number of nitrogens with zero attached hydrogens (tertiary/aromatic N) is 1. The van der Waals surface area contributed by atoms with Gasteiger partial charge in [-0.15, -0.1) is 0 Å². The highest BCUT2D eigenvalue weighted by atomic mass is 16.5. The van der Waals surface area contributed by atoms with Crippen LogP contribution in [0.1, 0.15) is 35.7 Å². The van der Waals surface area contributed by atoms with Crippen LogP contribution in [0, 0.1) is 5.92 Å². The predicted octanol–water partition coefficient (Wildman–Crippen LogP) is 3.29. The lowest BCUT2D eigenvalue weighted by molar-refractivity contribution is 0.0550. The summed E-state index contributed by atoms with van der Waals surface area (Å²) in [6.07, 6.45) is 2.81. The van der Waals surface area contributed by atoms with Crippen LogP contribution in [0.5, 0.6) is 11.5 Å². The van der Waals surface area contributed by atoms with Crippen LogP contribution < -0.4 is 4.74 Å². The molecule has 28 heavy (non-hydrogen) atoms. The number of ketones is 1. The van der Waals surface area contributed by atoms with E-state index < -0.39 is 6.10 Å². The summed E-state index contributed by atoms with van der Waals surface area (Å²) >= 11 is 0. The topological polar surface area (TPSA) is 70.0 Å². The summed E-state index contributed by atoms with van der Waals surface area (Å²) in [5.74, 6) is 0.859. The third kappa shape index (κ3) is 5.81. The van der Waals surface area contributed by atoms with Crippen LogP contribution >= 0.6 is 0 Å². The Morgan fingerprint density at radius 1 is 1.18 bits per heavy atom. The molecule has 0 radical (unpaired) electrons. The van der Waals surface area contributed by atoms with Crippen LogP contribution in [0.2, 0.25) is 0 Å². The zero-order valence-corrected chi connectivity index (χ0v) is 16.4. The van der Waals surface area contributed by atoms with E-state index in [1.165, 1.54) is 24.6 Å². The highest BCUT2D eigenvalue weighted by Gasteiger charge is 2.21. The Kier molecular flexibility index (Phi) is 7.06. The van der Waals surface area contributed by atoms with Gasteiger partial charge in [0.15, 0.2) is 5.78 Å². The Morgan fingerprint density at radius 2 is 1.89 bits per heavy atom. The van der Waals surface area contributed by atoms with Gasteiger partial charge in [-0.2, -0.15) is 0 Å². The molecule has 0 aliphatic carbocycles. The van der Waals surface area contributed by atoms with E-state index in [4.69, 9.17) is 4.74 Å². The Hall–Kier alpha value is -2.37. The van der Waals surface area contributed by atoms with Crippen LogP contribution in [0.3, 0.4) is 0 Å². The van der Waals surface area contributed by atoms with E-state index in [0.717, 1.165) is 32.4 Å². The number of benzene rings is 2. The minimum Gasteiger partial charge on any atom is -0.507 e. The van der Waals surface area contributed by atoms with Crippen molar-refractivity contribution < 1.29 is 19.7 Å². The second-order valence-corrected chi connectivity index (χ2v) is 7.63. The van der Waals surface area contributed by atoms with E-state index in [9.17, 15) is 15.0 Å². The fraction of sp³-hybridized carbons (Fsp3) is 0.435. The molecule has 5 heteroatoms. The summed E-state index contributed by atoms with van der Waals surface area (Å²) in [6, 6.07) is 15.2. The minimum atomic E-state index is -0.597. The normalized spacial score (nSPS) is 16.6. The summed E-state index contributed by atoms with van der Waals surface area (Å²) in [4.78, 5) is 13.6. The first-order valence-corrected chi connectivity index (χ1v) is 9.92. The van der Waals surface area contributed by atoms with Gasteiger partial charge in [-0.1, -0.05) is 30.3 Å². The molecule has 0 bridgehead atoms. The lowest BCUT2D eigenvalue weighted by atomic mass is 9.90. The van der Waals surface area contributed by atoms with Gasteiger partial charge in [0.1, 0.15) is 24.2 Å². The quantitative estimate of drug-likeness (QED) is 0.685. The number of aliphatic hydroxyl groups is 1. The molecule has 0 spiro atoms. The number of carbonyl (C=O) groups is 1. The number of Topliss-reactive ketones (excluding diaryl/α,β-unsaturated/α-hetero) is 1. The van der Waals surface area contributed by atoms with Gasteiger partial charge in [0.25, 0.3) is 0 Å². The van der Waals surface area contributed by atoms with E-state index in [-0.39, 0.29) is 23.7 Å². The number of phenols is 1. The number of rotatable bonds is 8. The molecule has 0 unspecified atom stereocenters. The standard InChI is InChI=1S/C23H29NO4/c1-17(25)22-8-7-21(14-23(22)27)28-16-20(26)15-24-11-9-19(10-12-24)13-18-5-3-2-4-6-18/h2-8,14,19-20,26-27H,9-13,15-16H2,1H3/t20-/m0/s1. The van der Waals surface area contributed by atoms with Crippen molar-refractivity contribution in [2.75, 3.05) is 26.2 Å². The molecule has 1 aliphatic rings. The van der Waals surface area contributed by atoms with Gasteiger partial charge in [0, 0.05) is 12.6 Å². The van der Waals surface area contributed by atoms with Crippen LogP contribution in [0.4, 0.5) is 0 Å². The first-order chi connectivity index (χ1) is 13.5. The lowest BCUT2D eigenvalue weighted by Gasteiger charge is -2.33. The monoisotopic (exact) mass is 383 g/mol. The van der Waals surface area contributed by atoms with E-state index in [1.807, 2.05) is 0 Å². The van der Waals surface area contributed by atoms with Crippen molar-refractivity contribution in [3.63, 3.8) is 0 Å². The van der Waals surface area contributed by atoms with Crippen molar-refractivity contribution in [3.05, 3.63) is 59.7 Å². The molecular weight excluding hydrogens is 354 g/mol. The number of hydrogen-bond donors (Lipinski definition) is 2. The Bertz CT molecular complexity index is 769. The van der Waals surface area contributed by atoms with Gasteiger partial charge < -0.3 is 19.8 Å². The smallest absolute Gasteiger partial charge is 0.163 e. The lowest BCUT2D eigenvalue weighted by Crippen LogP contribution is -2.41. The molecular formula is C23H29NO4. The maximum absolute atomic E-state index is 11.3. The third-order valence-electron chi connectivity index (χ3n) is 5.33. The van der Waals surface area contributed by atoms with Crippen molar-refractivity contribution in [3.8, 4) is 11.5 Å². The summed E-state index contributed by atoms with van der Waals surface area (Å²) in [6.45, 7) is 4.12. The van der Waals surface area contributed by atoms with Crippen LogP contribution in [-0.2, 0) is 6.42 Å². The number of carbonyl (C=O) groups excluding carboxylic acids is 1. The van der Waals surface area contributed by atoms with Gasteiger partial charge >= 0.3 is 0 Å². The largest absolute Gasteiger partial charge is 0.507 e. The van der Waals surface area contributed by atoms with Crippen LogP contribution in [-0.4, -0.2) is 53.2 Å². The van der Waals surface area contributed by atoms with Crippen molar-refractivity contribution in [1.82, 2.24) is 4.90 Å². The predicted molar refractivity (Wildman–Crippen MR) is 109 cm³/mol. The maximum Gasteiger partial charge on any atom is 0.163 e. The van der Waals surface area contributed by atoms with E-state index >= 15 is 0 Å². The first-order valence-electron chi connectivity index (χ1n) is 9.92. The highest BCUT2D eigenvalue weighted by Crippen LogP contribution is 2.24. The second kappa shape index (κ2) is 9.71. The maximum atomic E-state index is 11.3. The van der Waals surface area contributed by atoms with Crippen LogP contribution in [0.25, 0.3) is 0 Å². The fourth-order valence-corrected chi connectivity index (χ4v) is 3.76. The van der Waals surface area contributed by atoms with Crippen molar-refractivity contribution >= 4 is 5.78 Å². The molecule has 1 fully saturated rings. The molecule has 5 nitrogen and oxygen atoms in total. The minimum absolute atomic E-state index is 0.0972. The number of piperidine rings is 1. The molecule has 0 amide bonds. The average Bonchev–Trinajstić information content (AvgIpc) is 2.68. The Balaban J connectivity index is 1.39. The number of likely N-dealkylation sites (tertiary alicyclic amines) is 1. The molecule has 1 atom stereocenters. The fourth-order valence-electron chi connectivity index (χ4n) is 3.76. The Morgan fingerprint density at radius 3 is 2.54 bits per heavy atom. The first kappa shape index (κ1) is 20.4. The van der Waals surface area contributed by atoms with Crippen LogP contribution in [0.15, 0.2) is 48.5 Å². The number of phenolic OH excluding ortho intramolecular Hbond substituents is 1. The molecule has 2 N–H and O–H groups in total. The molecule has 3 rings (SSSR count). The number of aromatic hydroxyl groups is 1. The van der Waals surface area contributed by atoms with Gasteiger partial charge in [-0.25, -0.2) is 0 Å². The number of hydrogen-bond acceptors (Lipinski definition) is 5. The highest BCUT2D eigenvalue weighted by molar-refractivity contribution is 5.96. The molecule has 0 saturated carbocycles. The molecule has 1 aliphatic heterocycles. The SMILES string of the molecule is CC(=O)c1ccc(OC[C@@H](O)CN2CCC(Cc3ccccc3)CC2)cc1O. The molecule has 2 aromatic carbocycles. The number of ether oxygens (including phenoxy) is 1. The van der Waals surface area contributed by atoms with Gasteiger partial charge in [-0.05, 0) is 62.9 Å². The van der Waals surface area contributed by atoms with Gasteiger partial charge in [0.2, 0.25) is 0 Å². The molecule has 1 saturated heterocycles. The number of β-amino-alcohol motifs (C(OH)–C–C–N with tert-alkyl or cyclic N) is 1. The molecule has 0 aromatic heterocycles. The summed E-state index contributed by atoms with van der Waals surface area (Å²) in [5, 5.41) is 20.1. The second-order valence-electron chi connectivity index (χ2n) is 7.63. The number of aliphatic hydroxyl groups excluding tert-OH is 1. The molecule has 150 valence electrons.